The van der Waals surface area contributed by atoms with Gasteiger partial charge >= 0.3 is 0 Å². The summed E-state index contributed by atoms with van der Waals surface area (Å²) in [5.74, 6) is 0.492. The highest BCUT2D eigenvalue weighted by atomic mass is 35.5. The quantitative estimate of drug-likeness (QED) is 0.708. The van der Waals surface area contributed by atoms with Gasteiger partial charge in [-0.05, 0) is 69.5 Å². The zero-order chi connectivity index (χ0) is 18.3. The van der Waals surface area contributed by atoms with Crippen molar-refractivity contribution in [2.45, 2.75) is 51.6 Å². The predicted octanol–water partition coefficient (Wildman–Crippen LogP) is 5.80. The Labute approximate surface area is 168 Å². The number of nitrogens with zero attached hydrogens (tertiary/aromatic N) is 1. The van der Waals surface area contributed by atoms with Gasteiger partial charge in [0.25, 0.3) is 0 Å². The minimum atomic E-state index is 0. The Balaban J connectivity index is 0.000000501. The highest BCUT2D eigenvalue weighted by Crippen LogP contribution is 2.43. The minimum Gasteiger partial charge on any atom is -0.382 e. The van der Waals surface area contributed by atoms with Crippen molar-refractivity contribution < 1.29 is 4.74 Å². The van der Waals surface area contributed by atoms with Gasteiger partial charge < -0.3 is 10.1 Å². The minimum absolute atomic E-state index is 0. The molecule has 1 N–H and O–H groups in total. The van der Waals surface area contributed by atoms with E-state index in [4.69, 9.17) is 16.3 Å². The van der Waals surface area contributed by atoms with E-state index in [2.05, 4.69) is 48.4 Å². The van der Waals surface area contributed by atoms with Crippen LogP contribution in [0.25, 0.3) is 0 Å². The third-order valence-electron chi connectivity index (χ3n) is 4.68. The molecule has 3 nitrogen and oxygen atoms in total. The molecule has 2 aromatic rings. The van der Waals surface area contributed by atoms with Gasteiger partial charge in [-0.3, -0.25) is 4.98 Å². The summed E-state index contributed by atoms with van der Waals surface area (Å²) in [7, 11) is 0. The van der Waals surface area contributed by atoms with Crippen LogP contribution in [0.5, 0.6) is 0 Å². The van der Waals surface area contributed by atoms with Crippen molar-refractivity contribution in [3.05, 3.63) is 64.9 Å². The van der Waals surface area contributed by atoms with Gasteiger partial charge in [0.1, 0.15) is 0 Å². The average Bonchev–Trinajstić information content (AvgIpc) is 2.93. The van der Waals surface area contributed by atoms with Crippen LogP contribution in [0.1, 0.15) is 57.2 Å². The second kappa shape index (κ2) is 10.9. The first-order chi connectivity index (χ1) is 12.0. The molecule has 26 heavy (non-hydrogen) atoms. The van der Waals surface area contributed by atoms with Crippen LogP contribution in [0, 0.1) is 0 Å². The van der Waals surface area contributed by atoms with Gasteiger partial charge in [-0.1, -0.05) is 23.7 Å². The van der Waals surface area contributed by atoms with E-state index in [1.165, 1.54) is 11.1 Å². The van der Waals surface area contributed by atoms with Crippen LogP contribution in [0.15, 0.2) is 48.8 Å². The Morgan fingerprint density at radius 2 is 1.62 bits per heavy atom. The summed E-state index contributed by atoms with van der Waals surface area (Å²) in [5, 5.41) is 4.54. The van der Waals surface area contributed by atoms with Gasteiger partial charge in [-0.25, -0.2) is 0 Å². The smallest absolute Gasteiger partial charge is 0.0437 e. The lowest BCUT2D eigenvalue weighted by Crippen LogP contribution is -2.37. The highest BCUT2D eigenvalue weighted by Gasteiger charge is 2.40. The van der Waals surface area contributed by atoms with Crippen molar-refractivity contribution in [1.29, 1.82) is 0 Å². The van der Waals surface area contributed by atoms with E-state index in [0.29, 0.717) is 12.0 Å². The van der Waals surface area contributed by atoms with Crippen LogP contribution in [-0.2, 0) is 4.74 Å². The van der Waals surface area contributed by atoms with Crippen LogP contribution >= 0.6 is 24.0 Å². The van der Waals surface area contributed by atoms with Crippen LogP contribution in [0.2, 0.25) is 5.02 Å². The molecule has 2 atom stereocenters. The number of hydrogen-bond acceptors (Lipinski definition) is 3. The fourth-order valence-corrected chi connectivity index (χ4v) is 3.53. The molecule has 1 saturated heterocycles. The number of pyridine rings is 1. The molecule has 1 aliphatic rings. The second-order valence-corrected chi connectivity index (χ2v) is 7.26. The Kier molecular flexibility index (Phi) is 9.59. The van der Waals surface area contributed by atoms with Crippen molar-refractivity contribution in [2.24, 2.45) is 0 Å². The van der Waals surface area contributed by atoms with Crippen molar-refractivity contribution in [3.8, 4) is 0 Å². The van der Waals surface area contributed by atoms with E-state index >= 15 is 0 Å². The Morgan fingerprint density at radius 1 is 1.04 bits per heavy atom. The summed E-state index contributed by atoms with van der Waals surface area (Å²) in [5.41, 5.74) is 2.74. The maximum absolute atomic E-state index is 5.97. The van der Waals surface area contributed by atoms with Gasteiger partial charge in [0.05, 0.1) is 0 Å². The van der Waals surface area contributed by atoms with Gasteiger partial charge in [-0.15, -0.1) is 12.4 Å². The molecule has 0 aliphatic carbocycles. The lowest BCUT2D eigenvalue weighted by Gasteiger charge is -2.27. The molecule has 3 rings (SSSR count). The molecule has 1 aromatic carbocycles. The largest absolute Gasteiger partial charge is 0.382 e. The zero-order valence-electron chi connectivity index (χ0n) is 16.0. The monoisotopic (exact) mass is 396 g/mol. The molecule has 0 saturated carbocycles. The van der Waals surface area contributed by atoms with Crippen molar-refractivity contribution in [2.75, 3.05) is 13.2 Å². The fourth-order valence-electron chi connectivity index (χ4n) is 3.41. The van der Waals surface area contributed by atoms with Crippen LogP contribution in [0.3, 0.4) is 0 Å². The molecule has 0 spiro atoms. The number of rotatable bonds is 4. The topological polar surface area (TPSA) is 34.2 Å². The highest BCUT2D eigenvalue weighted by molar-refractivity contribution is 6.30. The SMILES string of the molecule is CC1(C)N[C@@H](c2ccc(Cl)cc2)C[C@H]1c1ccncc1.CCOCC.Cl. The third-order valence-corrected chi connectivity index (χ3v) is 4.93. The van der Waals surface area contributed by atoms with E-state index in [0.717, 1.165) is 24.7 Å². The molecule has 0 bridgehead atoms. The summed E-state index contributed by atoms with van der Waals surface area (Å²) in [6.45, 7) is 10.2. The maximum Gasteiger partial charge on any atom is 0.0437 e. The molecule has 0 radical (unpaired) electrons. The first kappa shape index (κ1) is 22.9. The maximum atomic E-state index is 5.97. The summed E-state index contributed by atoms with van der Waals surface area (Å²) < 4.78 is 4.83. The number of aromatic nitrogens is 1. The molecule has 5 heteroatoms. The summed E-state index contributed by atoms with van der Waals surface area (Å²) in [4.78, 5) is 4.12. The lowest BCUT2D eigenvalue weighted by molar-refractivity contribution is 0.162. The van der Waals surface area contributed by atoms with Crippen molar-refractivity contribution in [1.82, 2.24) is 10.3 Å². The molecule has 1 aliphatic heterocycles. The predicted molar refractivity (Wildman–Crippen MR) is 112 cm³/mol. The Hall–Kier alpha value is -1.13. The molecule has 0 amide bonds. The Morgan fingerprint density at radius 3 is 2.12 bits per heavy atom. The standard InChI is InChI=1S/C17H19ClN2.C4H10O.ClH/c1-17(2)15(12-7-9-19-10-8-12)11-16(20-17)13-3-5-14(18)6-4-13;1-3-5-4-2;/h3-10,15-16,20H,11H2,1-2H3;3-4H2,1-2H3;1H/t15-,16+;;/m0../s1. The van der Waals surface area contributed by atoms with E-state index in [1.807, 2.05) is 38.4 Å². The second-order valence-electron chi connectivity index (χ2n) is 6.82. The van der Waals surface area contributed by atoms with Crippen LogP contribution in [0.4, 0.5) is 0 Å². The molecule has 2 heterocycles. The van der Waals surface area contributed by atoms with Crippen LogP contribution < -0.4 is 5.32 Å². The van der Waals surface area contributed by atoms with Gasteiger partial charge in [0.2, 0.25) is 0 Å². The number of nitrogens with one attached hydrogen (secondary N) is 1. The molecule has 1 fully saturated rings. The van der Waals surface area contributed by atoms with Gasteiger partial charge in [-0.2, -0.15) is 0 Å². The van der Waals surface area contributed by atoms with Crippen LogP contribution in [-0.4, -0.2) is 23.7 Å². The molecule has 0 unspecified atom stereocenters. The summed E-state index contributed by atoms with van der Waals surface area (Å²) in [6.07, 6.45) is 4.85. The van der Waals surface area contributed by atoms with E-state index < -0.39 is 0 Å². The average molecular weight is 397 g/mol. The molecular formula is C21H30Cl2N2O. The number of hydrogen-bond donors (Lipinski definition) is 1. The first-order valence-corrected chi connectivity index (χ1v) is 9.36. The fraction of sp³-hybridized carbons (Fsp3) is 0.476. The van der Waals surface area contributed by atoms with Gasteiger partial charge in [0.15, 0.2) is 0 Å². The zero-order valence-corrected chi connectivity index (χ0v) is 17.6. The third kappa shape index (κ3) is 6.24. The molecule has 144 valence electrons. The van der Waals surface area contributed by atoms with Gasteiger partial charge in [0, 0.05) is 48.1 Å². The molecular weight excluding hydrogens is 367 g/mol. The summed E-state index contributed by atoms with van der Waals surface area (Å²) >= 11 is 5.97. The van der Waals surface area contributed by atoms with Crippen molar-refractivity contribution >= 4 is 24.0 Å². The number of ether oxygens (including phenoxy) is 1. The normalized spacial score (nSPS) is 20.7. The number of benzene rings is 1. The first-order valence-electron chi connectivity index (χ1n) is 8.98. The summed E-state index contributed by atoms with van der Waals surface area (Å²) in [6, 6.07) is 12.8. The van der Waals surface area contributed by atoms with Crippen molar-refractivity contribution in [3.63, 3.8) is 0 Å². The van der Waals surface area contributed by atoms with E-state index in [-0.39, 0.29) is 17.9 Å². The number of halogens is 2. The molecule has 1 aromatic heterocycles. The van der Waals surface area contributed by atoms with E-state index in [9.17, 15) is 0 Å². The Bertz CT molecular complexity index is 630. The van der Waals surface area contributed by atoms with E-state index in [1.54, 1.807) is 0 Å². The lowest BCUT2D eigenvalue weighted by atomic mass is 9.83.